The van der Waals surface area contributed by atoms with Crippen LogP contribution in [0.2, 0.25) is 0 Å². The molecule has 0 spiro atoms. The molecule has 0 saturated carbocycles. The first-order valence-electron chi connectivity index (χ1n) is 8.50. The highest BCUT2D eigenvalue weighted by Gasteiger charge is 2.32. The first-order valence-corrected chi connectivity index (χ1v) is 8.50. The molecule has 8 nitrogen and oxygen atoms in total. The highest BCUT2D eigenvalue weighted by atomic mass is 16.6. The molecule has 1 unspecified atom stereocenters. The standard InChI is InChI=1S/C18H23N5O3/c1-9(2)21-17(24)22-16-5-12-11(4)15(6-14(19)13(12)7-20-16)23-10(3)8-26-18(23)25/h5-7,9-10H,8,19H2,1-4H3,(H2,20,21,22,24). The Morgan fingerprint density at radius 1 is 1.38 bits per heavy atom. The second-order valence-corrected chi connectivity index (χ2v) is 6.77. The van der Waals surface area contributed by atoms with Crippen molar-refractivity contribution in [3.8, 4) is 0 Å². The molecule has 8 heteroatoms. The molecule has 0 bridgehead atoms. The van der Waals surface area contributed by atoms with E-state index in [1.54, 1.807) is 23.2 Å². The van der Waals surface area contributed by atoms with Gasteiger partial charge in [-0.1, -0.05) is 0 Å². The number of urea groups is 1. The second-order valence-electron chi connectivity index (χ2n) is 6.77. The zero-order valence-electron chi connectivity index (χ0n) is 15.3. The third-order valence-electron chi connectivity index (χ3n) is 4.30. The van der Waals surface area contributed by atoms with Gasteiger partial charge in [-0.3, -0.25) is 10.2 Å². The summed E-state index contributed by atoms with van der Waals surface area (Å²) in [7, 11) is 0. The SMILES string of the molecule is Cc1c(N2C(=O)OCC2C)cc(N)c2cnc(NC(=O)NC(C)C)cc12. The summed E-state index contributed by atoms with van der Waals surface area (Å²) in [5.74, 6) is 0.410. The molecule has 138 valence electrons. The molecule has 3 amide bonds. The number of fused-ring (bicyclic) bond motifs is 1. The monoisotopic (exact) mass is 357 g/mol. The van der Waals surface area contributed by atoms with Crippen molar-refractivity contribution in [1.82, 2.24) is 10.3 Å². The molecule has 3 rings (SSSR count). The molecule has 1 saturated heterocycles. The van der Waals surface area contributed by atoms with Crippen molar-refractivity contribution < 1.29 is 14.3 Å². The minimum atomic E-state index is -0.386. The van der Waals surface area contributed by atoms with Gasteiger partial charge in [0, 0.05) is 23.3 Å². The summed E-state index contributed by atoms with van der Waals surface area (Å²) < 4.78 is 5.12. The number of aromatic nitrogens is 1. The molecule has 1 aromatic carbocycles. The van der Waals surface area contributed by atoms with E-state index in [1.807, 2.05) is 27.7 Å². The lowest BCUT2D eigenvalue weighted by molar-refractivity contribution is 0.179. The predicted octanol–water partition coefficient (Wildman–Crippen LogP) is 3.00. The van der Waals surface area contributed by atoms with Gasteiger partial charge in [0.1, 0.15) is 12.4 Å². The zero-order chi connectivity index (χ0) is 19.0. The normalized spacial score (nSPS) is 16.9. The number of hydrogen-bond acceptors (Lipinski definition) is 5. The van der Waals surface area contributed by atoms with Crippen molar-refractivity contribution in [1.29, 1.82) is 0 Å². The van der Waals surface area contributed by atoms with Crippen LogP contribution in [0, 0.1) is 6.92 Å². The third-order valence-corrected chi connectivity index (χ3v) is 4.30. The third kappa shape index (κ3) is 3.22. The molecule has 2 aromatic rings. The quantitative estimate of drug-likeness (QED) is 0.732. The summed E-state index contributed by atoms with van der Waals surface area (Å²) in [6.07, 6.45) is 1.24. The highest BCUT2D eigenvalue weighted by Crippen LogP contribution is 2.36. The average molecular weight is 357 g/mol. The lowest BCUT2D eigenvalue weighted by Gasteiger charge is -2.22. The second kappa shape index (κ2) is 6.70. The molecular weight excluding hydrogens is 334 g/mol. The Balaban J connectivity index is 2.03. The van der Waals surface area contributed by atoms with E-state index in [0.29, 0.717) is 23.8 Å². The van der Waals surface area contributed by atoms with Crippen LogP contribution in [0.25, 0.3) is 10.8 Å². The van der Waals surface area contributed by atoms with Gasteiger partial charge in [-0.05, 0) is 50.8 Å². The minimum Gasteiger partial charge on any atom is -0.447 e. The number of amides is 3. The van der Waals surface area contributed by atoms with Gasteiger partial charge in [0.15, 0.2) is 0 Å². The molecule has 0 radical (unpaired) electrons. The summed E-state index contributed by atoms with van der Waals surface area (Å²) in [5.41, 5.74) is 8.27. The first kappa shape index (κ1) is 17.8. The fourth-order valence-electron chi connectivity index (χ4n) is 3.05. The topological polar surface area (TPSA) is 110 Å². The zero-order valence-corrected chi connectivity index (χ0v) is 15.3. The Morgan fingerprint density at radius 3 is 2.73 bits per heavy atom. The number of nitrogens with zero attached hydrogens (tertiary/aromatic N) is 2. The number of hydrogen-bond donors (Lipinski definition) is 3. The van der Waals surface area contributed by atoms with Crippen LogP contribution in [0.1, 0.15) is 26.3 Å². The minimum absolute atomic E-state index is 0.0158. The molecule has 1 aromatic heterocycles. The van der Waals surface area contributed by atoms with E-state index < -0.39 is 0 Å². The van der Waals surface area contributed by atoms with Crippen LogP contribution >= 0.6 is 0 Å². The number of nitrogens with one attached hydrogen (secondary N) is 2. The van der Waals surface area contributed by atoms with Gasteiger partial charge in [0.2, 0.25) is 0 Å². The molecule has 0 aliphatic carbocycles. The van der Waals surface area contributed by atoms with Gasteiger partial charge in [-0.15, -0.1) is 0 Å². The van der Waals surface area contributed by atoms with Crippen LogP contribution in [-0.4, -0.2) is 35.8 Å². The Bertz CT molecular complexity index is 881. The van der Waals surface area contributed by atoms with Gasteiger partial charge in [-0.2, -0.15) is 0 Å². The Morgan fingerprint density at radius 2 is 2.12 bits per heavy atom. The molecule has 2 heterocycles. The molecular formula is C18H23N5O3. The number of ether oxygens (including phenoxy) is 1. The van der Waals surface area contributed by atoms with Crippen LogP contribution in [0.4, 0.5) is 26.8 Å². The molecule has 26 heavy (non-hydrogen) atoms. The molecule has 1 aliphatic heterocycles. The van der Waals surface area contributed by atoms with Gasteiger partial charge < -0.3 is 15.8 Å². The van der Waals surface area contributed by atoms with Crippen LogP contribution in [0.5, 0.6) is 0 Å². The summed E-state index contributed by atoms with van der Waals surface area (Å²) in [6, 6.07) is 3.14. The number of pyridine rings is 1. The number of carbonyl (C=O) groups excluding carboxylic acids is 2. The van der Waals surface area contributed by atoms with Crippen molar-refractivity contribution in [2.45, 2.75) is 39.8 Å². The Kier molecular flexibility index (Phi) is 4.58. The van der Waals surface area contributed by atoms with Crippen molar-refractivity contribution in [3.63, 3.8) is 0 Å². The van der Waals surface area contributed by atoms with Crippen LogP contribution in [0.15, 0.2) is 18.3 Å². The van der Waals surface area contributed by atoms with E-state index in [4.69, 9.17) is 10.5 Å². The number of carbonyl (C=O) groups is 2. The highest BCUT2D eigenvalue weighted by molar-refractivity contribution is 6.04. The maximum absolute atomic E-state index is 12.1. The van der Waals surface area contributed by atoms with Crippen molar-refractivity contribution >= 4 is 40.1 Å². The lowest BCUT2D eigenvalue weighted by atomic mass is 10.0. The van der Waals surface area contributed by atoms with Crippen molar-refractivity contribution in [2.24, 2.45) is 0 Å². The molecule has 1 fully saturated rings. The van der Waals surface area contributed by atoms with Crippen molar-refractivity contribution in [2.75, 3.05) is 22.6 Å². The van der Waals surface area contributed by atoms with Crippen LogP contribution in [-0.2, 0) is 4.74 Å². The van der Waals surface area contributed by atoms with Gasteiger partial charge >= 0.3 is 12.1 Å². The number of nitrogens with two attached hydrogens (primary N) is 1. The van der Waals surface area contributed by atoms with Gasteiger partial charge in [-0.25, -0.2) is 14.6 Å². The van der Waals surface area contributed by atoms with E-state index in [9.17, 15) is 9.59 Å². The van der Waals surface area contributed by atoms with E-state index in [2.05, 4.69) is 15.6 Å². The lowest BCUT2D eigenvalue weighted by Crippen LogP contribution is -2.34. The van der Waals surface area contributed by atoms with E-state index in [0.717, 1.165) is 16.3 Å². The van der Waals surface area contributed by atoms with Gasteiger partial charge in [0.25, 0.3) is 0 Å². The number of aryl methyl sites for hydroxylation is 1. The number of nitrogen functional groups attached to an aromatic ring is 1. The summed E-state index contributed by atoms with van der Waals surface area (Å²) >= 11 is 0. The Hall–Kier alpha value is -3.03. The maximum Gasteiger partial charge on any atom is 0.414 e. The predicted molar refractivity (Wildman–Crippen MR) is 101 cm³/mol. The number of cyclic esters (lactones) is 1. The first-order chi connectivity index (χ1) is 12.3. The fourth-order valence-corrected chi connectivity index (χ4v) is 3.05. The largest absolute Gasteiger partial charge is 0.447 e. The smallest absolute Gasteiger partial charge is 0.414 e. The number of rotatable bonds is 3. The molecule has 1 atom stereocenters. The van der Waals surface area contributed by atoms with E-state index in [-0.39, 0.29) is 24.2 Å². The van der Waals surface area contributed by atoms with Crippen molar-refractivity contribution in [3.05, 3.63) is 23.9 Å². The maximum atomic E-state index is 12.1. The number of benzene rings is 1. The summed E-state index contributed by atoms with van der Waals surface area (Å²) in [5, 5.41) is 7.05. The summed E-state index contributed by atoms with van der Waals surface area (Å²) in [4.78, 5) is 29.9. The average Bonchev–Trinajstić information content (AvgIpc) is 2.89. The number of anilines is 3. The van der Waals surface area contributed by atoms with Gasteiger partial charge in [0.05, 0.1) is 11.7 Å². The van der Waals surface area contributed by atoms with E-state index >= 15 is 0 Å². The van der Waals surface area contributed by atoms with E-state index in [1.165, 1.54) is 0 Å². The van der Waals surface area contributed by atoms with Crippen LogP contribution < -0.4 is 21.3 Å². The summed E-state index contributed by atoms with van der Waals surface area (Å²) in [6.45, 7) is 7.92. The Labute approximate surface area is 151 Å². The molecule has 4 N–H and O–H groups in total. The molecule has 1 aliphatic rings. The fraction of sp³-hybridized carbons (Fsp3) is 0.389. The van der Waals surface area contributed by atoms with Crippen LogP contribution in [0.3, 0.4) is 0 Å².